The first kappa shape index (κ1) is 14.4. The Bertz CT molecular complexity index is 570. The number of hydrogen-bond donors (Lipinski definition) is 2. The molecule has 2 nitrogen and oxygen atoms in total. The van der Waals surface area contributed by atoms with Crippen molar-refractivity contribution < 1.29 is 10.2 Å². The van der Waals surface area contributed by atoms with E-state index in [9.17, 15) is 10.2 Å². The molecular formula is C18H22O2. The molecule has 2 rings (SSSR count). The Kier molecular flexibility index (Phi) is 4.33. The standard InChI is InChI=1S/C18H22O2/c1-4-13-16(12-10-8-7-9-11-12)14(5-2)18(20)15(6-3)17(13)19/h7-11,19-20H,4-6H2,1-3H3. The van der Waals surface area contributed by atoms with E-state index in [1.54, 1.807) is 0 Å². The molecular weight excluding hydrogens is 248 g/mol. The number of phenols is 2. The van der Waals surface area contributed by atoms with Gasteiger partial charge in [0.2, 0.25) is 0 Å². The van der Waals surface area contributed by atoms with Gasteiger partial charge < -0.3 is 10.2 Å². The van der Waals surface area contributed by atoms with Crippen LogP contribution in [0.1, 0.15) is 37.5 Å². The zero-order valence-electron chi connectivity index (χ0n) is 12.4. The van der Waals surface area contributed by atoms with Gasteiger partial charge in [0.1, 0.15) is 11.5 Å². The SMILES string of the molecule is CCc1c(O)c(CC)c(-c2ccccc2)c(CC)c1O. The smallest absolute Gasteiger partial charge is 0.126 e. The van der Waals surface area contributed by atoms with Crippen molar-refractivity contribution in [3.63, 3.8) is 0 Å². The maximum absolute atomic E-state index is 10.5. The fraction of sp³-hybridized carbons (Fsp3) is 0.333. The van der Waals surface area contributed by atoms with Crippen LogP contribution in [-0.4, -0.2) is 10.2 Å². The van der Waals surface area contributed by atoms with Crippen molar-refractivity contribution in [2.24, 2.45) is 0 Å². The Labute approximate surface area is 120 Å². The average molecular weight is 270 g/mol. The van der Waals surface area contributed by atoms with Crippen molar-refractivity contribution >= 4 is 0 Å². The first-order valence-corrected chi connectivity index (χ1v) is 7.29. The van der Waals surface area contributed by atoms with Crippen LogP contribution in [0.2, 0.25) is 0 Å². The van der Waals surface area contributed by atoms with E-state index in [1.165, 1.54) is 0 Å². The summed E-state index contributed by atoms with van der Waals surface area (Å²) >= 11 is 0. The minimum absolute atomic E-state index is 0.253. The van der Waals surface area contributed by atoms with Gasteiger partial charge >= 0.3 is 0 Å². The van der Waals surface area contributed by atoms with Crippen LogP contribution in [0.15, 0.2) is 30.3 Å². The zero-order chi connectivity index (χ0) is 14.7. The zero-order valence-corrected chi connectivity index (χ0v) is 12.4. The van der Waals surface area contributed by atoms with Crippen LogP contribution in [0.5, 0.6) is 11.5 Å². The van der Waals surface area contributed by atoms with Gasteiger partial charge in [-0.25, -0.2) is 0 Å². The Morgan fingerprint density at radius 1 is 0.700 bits per heavy atom. The summed E-state index contributed by atoms with van der Waals surface area (Å²) < 4.78 is 0. The van der Waals surface area contributed by atoms with E-state index in [0.29, 0.717) is 12.0 Å². The lowest BCUT2D eigenvalue weighted by Crippen LogP contribution is -2.00. The third kappa shape index (κ3) is 2.26. The second-order valence-electron chi connectivity index (χ2n) is 4.93. The summed E-state index contributed by atoms with van der Waals surface area (Å²) in [7, 11) is 0. The van der Waals surface area contributed by atoms with Crippen molar-refractivity contribution in [1.29, 1.82) is 0 Å². The largest absolute Gasteiger partial charge is 0.507 e. The molecule has 0 atom stereocenters. The quantitative estimate of drug-likeness (QED) is 0.861. The molecule has 0 heterocycles. The van der Waals surface area contributed by atoms with Gasteiger partial charge in [0, 0.05) is 16.7 Å². The number of hydrogen-bond acceptors (Lipinski definition) is 2. The third-order valence-corrected chi connectivity index (χ3v) is 3.87. The summed E-state index contributed by atoms with van der Waals surface area (Å²) in [5, 5.41) is 20.9. The van der Waals surface area contributed by atoms with E-state index < -0.39 is 0 Å². The highest BCUT2D eigenvalue weighted by Gasteiger charge is 2.21. The van der Waals surface area contributed by atoms with Gasteiger partial charge in [-0.15, -0.1) is 0 Å². The van der Waals surface area contributed by atoms with Crippen molar-refractivity contribution in [2.75, 3.05) is 0 Å². The molecule has 0 aliphatic carbocycles. The van der Waals surface area contributed by atoms with Gasteiger partial charge in [-0.1, -0.05) is 51.1 Å². The Balaban J connectivity index is 2.85. The topological polar surface area (TPSA) is 40.5 Å². The molecule has 2 N–H and O–H groups in total. The summed E-state index contributed by atoms with van der Waals surface area (Å²) in [5.74, 6) is 0.507. The molecule has 2 aromatic rings. The molecule has 0 spiro atoms. The van der Waals surface area contributed by atoms with Gasteiger partial charge in [-0.3, -0.25) is 0 Å². The summed E-state index contributed by atoms with van der Waals surface area (Å²) in [5.41, 5.74) is 4.57. The normalized spacial score (nSPS) is 10.8. The van der Waals surface area contributed by atoms with Crippen LogP contribution >= 0.6 is 0 Å². The molecule has 106 valence electrons. The predicted octanol–water partition coefficient (Wildman–Crippen LogP) is 4.45. The molecule has 20 heavy (non-hydrogen) atoms. The lowest BCUT2D eigenvalue weighted by Gasteiger charge is -2.20. The summed E-state index contributed by atoms with van der Waals surface area (Å²) in [6.07, 6.45) is 2.12. The van der Waals surface area contributed by atoms with Gasteiger partial charge in [0.25, 0.3) is 0 Å². The molecule has 0 saturated carbocycles. The summed E-state index contributed by atoms with van der Waals surface area (Å²) in [6.45, 7) is 6.03. The highest BCUT2D eigenvalue weighted by Crippen LogP contribution is 2.43. The molecule has 0 aliphatic heterocycles. The maximum Gasteiger partial charge on any atom is 0.126 e. The van der Waals surface area contributed by atoms with Crippen LogP contribution in [0.4, 0.5) is 0 Å². The van der Waals surface area contributed by atoms with Crippen LogP contribution in [0, 0.1) is 0 Å². The monoisotopic (exact) mass is 270 g/mol. The second kappa shape index (κ2) is 6.00. The van der Waals surface area contributed by atoms with Crippen molar-refractivity contribution in [2.45, 2.75) is 40.0 Å². The van der Waals surface area contributed by atoms with E-state index in [1.807, 2.05) is 51.1 Å². The first-order valence-electron chi connectivity index (χ1n) is 7.29. The Hall–Kier alpha value is -1.96. The van der Waals surface area contributed by atoms with E-state index in [-0.39, 0.29) is 11.5 Å². The van der Waals surface area contributed by atoms with E-state index >= 15 is 0 Å². The lowest BCUT2D eigenvalue weighted by atomic mass is 9.87. The number of aromatic hydroxyl groups is 2. The van der Waals surface area contributed by atoms with Gasteiger partial charge in [0.05, 0.1) is 0 Å². The molecule has 2 heteroatoms. The fourth-order valence-corrected chi connectivity index (χ4v) is 2.87. The minimum Gasteiger partial charge on any atom is -0.507 e. The highest BCUT2D eigenvalue weighted by molar-refractivity contribution is 5.78. The van der Waals surface area contributed by atoms with Crippen molar-refractivity contribution in [3.05, 3.63) is 47.0 Å². The number of benzene rings is 2. The molecule has 0 fully saturated rings. The highest BCUT2D eigenvalue weighted by atomic mass is 16.3. The van der Waals surface area contributed by atoms with Crippen molar-refractivity contribution in [3.8, 4) is 22.6 Å². The molecule has 2 aromatic carbocycles. The summed E-state index contributed by atoms with van der Waals surface area (Å²) in [4.78, 5) is 0. The molecule has 0 saturated heterocycles. The Morgan fingerprint density at radius 2 is 1.15 bits per heavy atom. The maximum atomic E-state index is 10.5. The van der Waals surface area contributed by atoms with Gasteiger partial charge in [-0.2, -0.15) is 0 Å². The second-order valence-corrected chi connectivity index (χ2v) is 4.93. The minimum atomic E-state index is 0.253. The van der Waals surface area contributed by atoms with Crippen LogP contribution < -0.4 is 0 Å². The van der Waals surface area contributed by atoms with E-state index in [0.717, 1.165) is 35.1 Å². The number of rotatable bonds is 4. The van der Waals surface area contributed by atoms with Gasteiger partial charge in [-0.05, 0) is 30.4 Å². The third-order valence-electron chi connectivity index (χ3n) is 3.87. The van der Waals surface area contributed by atoms with Crippen LogP contribution in [0.3, 0.4) is 0 Å². The summed E-state index contributed by atoms with van der Waals surface area (Å²) in [6, 6.07) is 9.99. The average Bonchev–Trinajstić information content (AvgIpc) is 2.48. The predicted molar refractivity (Wildman–Crippen MR) is 83.3 cm³/mol. The lowest BCUT2D eigenvalue weighted by molar-refractivity contribution is 0.432. The fourth-order valence-electron chi connectivity index (χ4n) is 2.87. The molecule has 0 aromatic heterocycles. The molecule has 0 bridgehead atoms. The molecule has 0 unspecified atom stereocenters. The van der Waals surface area contributed by atoms with Gasteiger partial charge in [0.15, 0.2) is 0 Å². The van der Waals surface area contributed by atoms with Crippen LogP contribution in [-0.2, 0) is 19.3 Å². The number of phenolic OH excluding ortho intramolecular Hbond substituents is 2. The van der Waals surface area contributed by atoms with E-state index in [2.05, 4.69) is 0 Å². The first-order chi connectivity index (χ1) is 9.65. The molecule has 0 radical (unpaired) electrons. The van der Waals surface area contributed by atoms with E-state index in [4.69, 9.17) is 0 Å². The molecule has 0 aliphatic rings. The molecule has 0 amide bonds. The van der Waals surface area contributed by atoms with Crippen LogP contribution in [0.25, 0.3) is 11.1 Å². The van der Waals surface area contributed by atoms with Crippen molar-refractivity contribution in [1.82, 2.24) is 0 Å². The Morgan fingerprint density at radius 3 is 1.55 bits per heavy atom.